The summed E-state index contributed by atoms with van der Waals surface area (Å²) in [6, 6.07) is 9.48. The van der Waals surface area contributed by atoms with Crippen LogP contribution in [0.4, 0.5) is 0 Å². The maximum atomic E-state index is 5.95. The number of rotatable bonds is 3. The Morgan fingerprint density at radius 2 is 2.00 bits per heavy atom. The van der Waals surface area contributed by atoms with Crippen LogP contribution in [0.3, 0.4) is 0 Å². The number of nitrogens with two attached hydrogens (primary N) is 1. The van der Waals surface area contributed by atoms with E-state index >= 15 is 0 Å². The van der Waals surface area contributed by atoms with Crippen LogP contribution >= 0.6 is 11.6 Å². The van der Waals surface area contributed by atoms with E-state index in [0.717, 1.165) is 11.3 Å². The van der Waals surface area contributed by atoms with Crippen molar-refractivity contribution in [2.45, 2.75) is 20.4 Å². The van der Waals surface area contributed by atoms with Gasteiger partial charge in [-0.1, -0.05) is 29.3 Å². The summed E-state index contributed by atoms with van der Waals surface area (Å²) < 4.78 is 5.74. The van der Waals surface area contributed by atoms with Crippen LogP contribution in [-0.4, -0.2) is 4.98 Å². The molecule has 2 aromatic rings. The van der Waals surface area contributed by atoms with Gasteiger partial charge in [-0.3, -0.25) is 0 Å². The molecule has 1 aromatic heterocycles. The SMILES string of the molecule is Cc1ccc(Oc2ccc(Cl)c(CN)n2)c(C)c1. The van der Waals surface area contributed by atoms with Crippen LogP contribution in [0, 0.1) is 13.8 Å². The molecule has 0 aliphatic heterocycles. The molecule has 0 saturated carbocycles. The first-order valence-corrected chi connectivity index (χ1v) is 6.08. The number of aryl methyl sites for hydroxylation is 2. The van der Waals surface area contributed by atoms with Gasteiger partial charge < -0.3 is 10.5 Å². The van der Waals surface area contributed by atoms with E-state index in [1.807, 2.05) is 26.0 Å². The number of pyridine rings is 1. The molecule has 0 amide bonds. The molecule has 0 fully saturated rings. The third kappa shape index (κ3) is 2.81. The fourth-order valence-corrected chi connectivity index (χ4v) is 1.87. The van der Waals surface area contributed by atoms with Crippen molar-refractivity contribution in [3.8, 4) is 11.6 Å². The topological polar surface area (TPSA) is 48.1 Å². The Hall–Kier alpha value is -1.58. The van der Waals surface area contributed by atoms with Crippen molar-refractivity contribution in [1.29, 1.82) is 0 Å². The minimum absolute atomic E-state index is 0.295. The fourth-order valence-electron chi connectivity index (χ4n) is 1.69. The summed E-state index contributed by atoms with van der Waals surface area (Å²) in [5.41, 5.74) is 8.47. The van der Waals surface area contributed by atoms with Gasteiger partial charge in [0.2, 0.25) is 5.88 Å². The molecule has 0 radical (unpaired) electrons. The van der Waals surface area contributed by atoms with Crippen molar-refractivity contribution in [2.24, 2.45) is 5.73 Å². The van der Waals surface area contributed by atoms with Crippen LogP contribution in [0.15, 0.2) is 30.3 Å². The molecule has 3 nitrogen and oxygen atoms in total. The average Bonchev–Trinajstić information content (AvgIpc) is 2.35. The van der Waals surface area contributed by atoms with Crippen molar-refractivity contribution >= 4 is 11.6 Å². The second kappa shape index (κ2) is 5.38. The van der Waals surface area contributed by atoms with Crippen LogP contribution < -0.4 is 10.5 Å². The molecule has 0 aliphatic carbocycles. The first-order valence-electron chi connectivity index (χ1n) is 5.70. The summed E-state index contributed by atoms with van der Waals surface area (Å²) in [7, 11) is 0. The number of hydrogen-bond donors (Lipinski definition) is 1. The number of halogens is 1. The summed E-state index contributed by atoms with van der Waals surface area (Å²) in [6.07, 6.45) is 0. The molecule has 18 heavy (non-hydrogen) atoms. The van der Waals surface area contributed by atoms with Gasteiger partial charge in [0.15, 0.2) is 0 Å². The van der Waals surface area contributed by atoms with E-state index in [2.05, 4.69) is 11.1 Å². The van der Waals surface area contributed by atoms with Gasteiger partial charge in [-0.25, -0.2) is 4.98 Å². The van der Waals surface area contributed by atoms with Gasteiger partial charge in [0, 0.05) is 12.6 Å². The van der Waals surface area contributed by atoms with Crippen molar-refractivity contribution in [2.75, 3.05) is 0 Å². The zero-order valence-electron chi connectivity index (χ0n) is 10.4. The largest absolute Gasteiger partial charge is 0.439 e. The maximum absolute atomic E-state index is 5.95. The molecule has 0 spiro atoms. The second-order valence-electron chi connectivity index (χ2n) is 4.15. The Morgan fingerprint density at radius 1 is 1.22 bits per heavy atom. The van der Waals surface area contributed by atoms with Crippen LogP contribution in [0.5, 0.6) is 11.6 Å². The molecule has 4 heteroatoms. The monoisotopic (exact) mass is 262 g/mol. The second-order valence-corrected chi connectivity index (χ2v) is 4.56. The highest BCUT2D eigenvalue weighted by molar-refractivity contribution is 6.31. The van der Waals surface area contributed by atoms with E-state index in [0.29, 0.717) is 23.1 Å². The Bertz CT molecular complexity index is 570. The van der Waals surface area contributed by atoms with E-state index in [-0.39, 0.29) is 0 Å². The van der Waals surface area contributed by atoms with Crippen molar-refractivity contribution in [3.05, 3.63) is 52.2 Å². The lowest BCUT2D eigenvalue weighted by Crippen LogP contribution is -2.01. The standard InChI is InChI=1S/C14H15ClN2O/c1-9-3-5-13(10(2)7-9)18-14-6-4-11(15)12(8-16)17-14/h3-7H,8,16H2,1-2H3. The van der Waals surface area contributed by atoms with Crippen LogP contribution in [0.1, 0.15) is 16.8 Å². The third-order valence-electron chi connectivity index (χ3n) is 2.63. The zero-order valence-corrected chi connectivity index (χ0v) is 11.2. The lowest BCUT2D eigenvalue weighted by molar-refractivity contribution is 0.457. The molecule has 0 bridgehead atoms. The molecule has 94 valence electrons. The molecule has 0 unspecified atom stereocenters. The number of ether oxygens (including phenoxy) is 1. The molecule has 0 saturated heterocycles. The molecule has 1 heterocycles. The Morgan fingerprint density at radius 3 is 2.67 bits per heavy atom. The fraction of sp³-hybridized carbons (Fsp3) is 0.214. The van der Waals surface area contributed by atoms with Crippen molar-refractivity contribution < 1.29 is 4.74 Å². The Kier molecular flexibility index (Phi) is 3.84. The maximum Gasteiger partial charge on any atom is 0.219 e. The first kappa shape index (κ1) is 12.9. The molecular formula is C14H15ClN2O. The highest BCUT2D eigenvalue weighted by Gasteiger charge is 2.06. The van der Waals surface area contributed by atoms with Gasteiger partial charge in [0.1, 0.15) is 5.75 Å². The van der Waals surface area contributed by atoms with Crippen molar-refractivity contribution in [3.63, 3.8) is 0 Å². The van der Waals surface area contributed by atoms with E-state index in [1.54, 1.807) is 12.1 Å². The summed E-state index contributed by atoms with van der Waals surface area (Å²) in [5, 5.41) is 0.561. The minimum Gasteiger partial charge on any atom is -0.439 e. The number of benzene rings is 1. The summed E-state index contributed by atoms with van der Waals surface area (Å²) >= 11 is 5.95. The van der Waals surface area contributed by atoms with E-state index < -0.39 is 0 Å². The number of aromatic nitrogens is 1. The lowest BCUT2D eigenvalue weighted by atomic mass is 10.1. The quantitative estimate of drug-likeness (QED) is 0.919. The average molecular weight is 263 g/mol. The van der Waals surface area contributed by atoms with E-state index in [9.17, 15) is 0 Å². The van der Waals surface area contributed by atoms with Gasteiger partial charge in [0.25, 0.3) is 0 Å². The van der Waals surface area contributed by atoms with Gasteiger partial charge in [-0.2, -0.15) is 0 Å². The zero-order chi connectivity index (χ0) is 13.1. The highest BCUT2D eigenvalue weighted by atomic mass is 35.5. The number of hydrogen-bond acceptors (Lipinski definition) is 3. The van der Waals surface area contributed by atoms with Gasteiger partial charge in [0.05, 0.1) is 10.7 Å². The normalized spacial score (nSPS) is 10.4. The molecule has 0 atom stereocenters. The lowest BCUT2D eigenvalue weighted by Gasteiger charge is -2.10. The summed E-state index contributed by atoms with van der Waals surface area (Å²) in [5.74, 6) is 1.30. The predicted molar refractivity (Wildman–Crippen MR) is 73.1 cm³/mol. The van der Waals surface area contributed by atoms with Crippen LogP contribution in [0.2, 0.25) is 5.02 Å². The first-order chi connectivity index (χ1) is 8.60. The van der Waals surface area contributed by atoms with Crippen LogP contribution in [-0.2, 0) is 6.54 Å². The molecule has 1 aromatic carbocycles. The van der Waals surface area contributed by atoms with Gasteiger partial charge >= 0.3 is 0 Å². The van der Waals surface area contributed by atoms with Crippen LogP contribution in [0.25, 0.3) is 0 Å². The Labute approximate surface area is 112 Å². The smallest absolute Gasteiger partial charge is 0.219 e. The van der Waals surface area contributed by atoms with Crippen molar-refractivity contribution in [1.82, 2.24) is 4.98 Å². The van der Waals surface area contributed by atoms with Gasteiger partial charge in [-0.05, 0) is 31.5 Å². The molecular weight excluding hydrogens is 248 g/mol. The Balaban J connectivity index is 2.28. The molecule has 2 rings (SSSR count). The minimum atomic E-state index is 0.295. The predicted octanol–water partition coefficient (Wildman–Crippen LogP) is 3.60. The summed E-state index contributed by atoms with van der Waals surface area (Å²) in [6.45, 7) is 4.34. The third-order valence-corrected chi connectivity index (χ3v) is 2.98. The molecule has 2 N–H and O–H groups in total. The van der Waals surface area contributed by atoms with E-state index in [4.69, 9.17) is 22.1 Å². The van der Waals surface area contributed by atoms with E-state index in [1.165, 1.54) is 5.56 Å². The number of nitrogens with zero attached hydrogens (tertiary/aromatic N) is 1. The van der Waals surface area contributed by atoms with Gasteiger partial charge in [-0.15, -0.1) is 0 Å². The highest BCUT2D eigenvalue weighted by Crippen LogP contribution is 2.26. The summed E-state index contributed by atoms with van der Waals surface area (Å²) in [4.78, 5) is 4.27. The molecule has 0 aliphatic rings.